The third-order valence-corrected chi connectivity index (χ3v) is 4.11. The summed E-state index contributed by atoms with van der Waals surface area (Å²) in [5, 5.41) is 3.68. The molecule has 20 heavy (non-hydrogen) atoms. The van der Waals surface area contributed by atoms with Gasteiger partial charge in [0.05, 0.1) is 6.04 Å². The first-order valence-corrected chi connectivity index (χ1v) is 8.36. The van der Waals surface area contributed by atoms with E-state index >= 15 is 0 Å². The molecule has 2 rings (SSSR count). The van der Waals surface area contributed by atoms with Gasteiger partial charge in [-0.05, 0) is 56.4 Å². The Kier molecular flexibility index (Phi) is 6.38. The zero-order valence-electron chi connectivity index (χ0n) is 13.1. The van der Waals surface area contributed by atoms with Gasteiger partial charge in [-0.15, -0.1) is 0 Å². The summed E-state index contributed by atoms with van der Waals surface area (Å²) in [6, 6.07) is 4.57. The van der Waals surface area contributed by atoms with Crippen molar-refractivity contribution in [2.45, 2.75) is 71.3 Å². The fourth-order valence-electron chi connectivity index (χ4n) is 2.92. The second kappa shape index (κ2) is 8.31. The van der Waals surface area contributed by atoms with Gasteiger partial charge in [-0.3, -0.25) is 0 Å². The minimum absolute atomic E-state index is 0.286. The van der Waals surface area contributed by atoms with Crippen molar-refractivity contribution in [1.82, 2.24) is 5.32 Å². The molecule has 0 aliphatic heterocycles. The van der Waals surface area contributed by atoms with Crippen LogP contribution in [-0.4, -0.2) is 6.54 Å². The third kappa shape index (κ3) is 4.24. The van der Waals surface area contributed by atoms with Gasteiger partial charge in [-0.25, -0.2) is 0 Å². The van der Waals surface area contributed by atoms with Crippen molar-refractivity contribution in [3.8, 4) is 0 Å². The summed E-state index contributed by atoms with van der Waals surface area (Å²) in [7, 11) is 0. The van der Waals surface area contributed by atoms with Gasteiger partial charge < -0.3 is 9.73 Å². The van der Waals surface area contributed by atoms with Crippen molar-refractivity contribution in [2.24, 2.45) is 0 Å². The minimum atomic E-state index is 0.286. The Bertz CT molecular complexity index is 419. The molecule has 1 aromatic rings. The molecule has 0 aromatic carbocycles. The van der Waals surface area contributed by atoms with E-state index in [0.717, 1.165) is 30.9 Å². The molecule has 1 aliphatic carbocycles. The highest BCUT2D eigenvalue weighted by Crippen LogP contribution is 2.30. The van der Waals surface area contributed by atoms with Gasteiger partial charge in [0.1, 0.15) is 11.5 Å². The molecule has 0 saturated heterocycles. The van der Waals surface area contributed by atoms with Crippen LogP contribution in [0.5, 0.6) is 0 Å². The lowest BCUT2D eigenvalue weighted by Gasteiger charge is -2.22. The predicted molar refractivity (Wildman–Crippen MR) is 84.9 cm³/mol. The lowest BCUT2D eigenvalue weighted by molar-refractivity contribution is 0.410. The van der Waals surface area contributed by atoms with E-state index in [1.165, 1.54) is 44.1 Å². The first-order valence-electron chi connectivity index (χ1n) is 8.36. The molecule has 0 bridgehead atoms. The quantitative estimate of drug-likeness (QED) is 0.725. The Balaban J connectivity index is 2.16. The Morgan fingerprint density at radius 3 is 2.75 bits per heavy atom. The highest BCUT2D eigenvalue weighted by molar-refractivity contribution is 5.23. The SMILES string of the molecule is CCCNC(/C1=C/CCCCCC1)c1ccc(CC)o1. The van der Waals surface area contributed by atoms with Gasteiger partial charge in [-0.1, -0.05) is 32.8 Å². The number of hydrogen-bond donors (Lipinski definition) is 1. The van der Waals surface area contributed by atoms with E-state index in [-0.39, 0.29) is 6.04 Å². The molecule has 0 amide bonds. The molecule has 1 atom stereocenters. The third-order valence-electron chi connectivity index (χ3n) is 4.11. The lowest BCUT2D eigenvalue weighted by atomic mass is 9.93. The highest BCUT2D eigenvalue weighted by Gasteiger charge is 2.19. The average molecular weight is 275 g/mol. The Morgan fingerprint density at radius 1 is 1.15 bits per heavy atom. The molecule has 0 radical (unpaired) electrons. The lowest BCUT2D eigenvalue weighted by Crippen LogP contribution is -2.24. The summed E-state index contributed by atoms with van der Waals surface area (Å²) in [6.45, 7) is 5.41. The largest absolute Gasteiger partial charge is 0.464 e. The molecule has 0 saturated carbocycles. The zero-order chi connectivity index (χ0) is 14.2. The molecule has 2 nitrogen and oxygen atoms in total. The van der Waals surface area contributed by atoms with Gasteiger partial charge >= 0.3 is 0 Å². The standard InChI is InChI=1S/C18H29NO/c1-3-14-19-18(17-13-12-16(4-2)20-17)15-10-8-6-5-7-9-11-15/h10,12-13,18-19H,3-9,11,14H2,1-2H3/b15-10+. The van der Waals surface area contributed by atoms with Gasteiger partial charge in [0, 0.05) is 6.42 Å². The van der Waals surface area contributed by atoms with Crippen LogP contribution >= 0.6 is 0 Å². The molecule has 2 heteroatoms. The molecule has 112 valence electrons. The monoisotopic (exact) mass is 275 g/mol. The average Bonchev–Trinajstić information content (AvgIpc) is 2.89. The molecule has 1 aromatic heterocycles. The van der Waals surface area contributed by atoms with Crippen LogP contribution in [0.3, 0.4) is 0 Å². The number of rotatable bonds is 6. The molecule has 1 aliphatic rings. The van der Waals surface area contributed by atoms with Gasteiger partial charge in [0.2, 0.25) is 0 Å². The van der Waals surface area contributed by atoms with Crippen molar-refractivity contribution in [2.75, 3.05) is 6.54 Å². The fourth-order valence-corrected chi connectivity index (χ4v) is 2.92. The summed E-state index contributed by atoms with van der Waals surface area (Å²) in [6.07, 6.45) is 12.4. The number of furan rings is 1. The van der Waals surface area contributed by atoms with E-state index in [2.05, 4.69) is 37.4 Å². The summed E-state index contributed by atoms with van der Waals surface area (Å²) >= 11 is 0. The Morgan fingerprint density at radius 2 is 2.00 bits per heavy atom. The van der Waals surface area contributed by atoms with E-state index in [1.807, 2.05) is 0 Å². The van der Waals surface area contributed by atoms with E-state index in [0.29, 0.717) is 0 Å². The van der Waals surface area contributed by atoms with Gasteiger partial charge in [0.15, 0.2) is 0 Å². The van der Waals surface area contributed by atoms with Crippen LogP contribution in [0.1, 0.15) is 76.4 Å². The van der Waals surface area contributed by atoms with E-state index < -0.39 is 0 Å². The molecular weight excluding hydrogens is 246 g/mol. The predicted octanol–water partition coefficient (Wildman–Crippen LogP) is 5.16. The number of aryl methyl sites for hydroxylation is 1. The number of hydrogen-bond acceptors (Lipinski definition) is 2. The first-order chi connectivity index (χ1) is 9.85. The smallest absolute Gasteiger partial charge is 0.125 e. The molecule has 1 unspecified atom stereocenters. The van der Waals surface area contributed by atoms with Gasteiger partial charge in [-0.2, -0.15) is 0 Å². The molecule has 1 N–H and O–H groups in total. The van der Waals surface area contributed by atoms with Gasteiger partial charge in [0.25, 0.3) is 0 Å². The van der Waals surface area contributed by atoms with Crippen molar-refractivity contribution in [1.29, 1.82) is 0 Å². The van der Waals surface area contributed by atoms with Crippen molar-refractivity contribution in [3.63, 3.8) is 0 Å². The maximum atomic E-state index is 6.01. The van der Waals surface area contributed by atoms with Crippen LogP contribution in [0.15, 0.2) is 28.2 Å². The van der Waals surface area contributed by atoms with Crippen LogP contribution in [0.4, 0.5) is 0 Å². The van der Waals surface area contributed by atoms with E-state index in [1.54, 1.807) is 0 Å². The first kappa shape index (κ1) is 15.4. The zero-order valence-corrected chi connectivity index (χ0v) is 13.1. The van der Waals surface area contributed by atoms with Crippen molar-refractivity contribution < 1.29 is 4.42 Å². The Hall–Kier alpha value is -1.02. The summed E-state index contributed by atoms with van der Waals surface area (Å²) in [4.78, 5) is 0. The van der Waals surface area contributed by atoms with Crippen molar-refractivity contribution in [3.05, 3.63) is 35.3 Å². The van der Waals surface area contributed by atoms with E-state index in [4.69, 9.17) is 4.42 Å². The summed E-state index contributed by atoms with van der Waals surface area (Å²) in [5.41, 5.74) is 1.54. The highest BCUT2D eigenvalue weighted by atomic mass is 16.3. The minimum Gasteiger partial charge on any atom is -0.464 e. The molecular formula is C18H29NO. The second-order valence-corrected chi connectivity index (χ2v) is 5.78. The summed E-state index contributed by atoms with van der Waals surface area (Å²) < 4.78 is 6.01. The van der Waals surface area contributed by atoms with Crippen molar-refractivity contribution >= 4 is 0 Å². The van der Waals surface area contributed by atoms with Crippen LogP contribution in [0.25, 0.3) is 0 Å². The number of allylic oxidation sites excluding steroid dienone is 1. The van der Waals surface area contributed by atoms with Crippen LogP contribution in [-0.2, 0) is 6.42 Å². The molecule has 0 fully saturated rings. The summed E-state index contributed by atoms with van der Waals surface area (Å²) in [5.74, 6) is 2.19. The second-order valence-electron chi connectivity index (χ2n) is 5.78. The molecule has 1 heterocycles. The van der Waals surface area contributed by atoms with Crippen LogP contribution in [0.2, 0.25) is 0 Å². The van der Waals surface area contributed by atoms with Crippen LogP contribution in [0, 0.1) is 0 Å². The van der Waals surface area contributed by atoms with E-state index in [9.17, 15) is 0 Å². The maximum absolute atomic E-state index is 6.01. The number of nitrogens with one attached hydrogen (secondary N) is 1. The van der Waals surface area contributed by atoms with Crippen LogP contribution < -0.4 is 5.32 Å². The fraction of sp³-hybridized carbons (Fsp3) is 0.667. The topological polar surface area (TPSA) is 25.2 Å². The molecule has 0 spiro atoms. The Labute approximate surface area is 123 Å². The maximum Gasteiger partial charge on any atom is 0.125 e. The normalized spacial score (nSPS) is 20.8.